The van der Waals surface area contributed by atoms with E-state index in [4.69, 9.17) is 22.3 Å². The van der Waals surface area contributed by atoms with E-state index in [0.717, 1.165) is 0 Å². The second-order valence-corrected chi connectivity index (χ2v) is 9.54. The van der Waals surface area contributed by atoms with Crippen molar-refractivity contribution in [3.63, 3.8) is 0 Å². The topological polar surface area (TPSA) is 43.4 Å². The van der Waals surface area contributed by atoms with Crippen LogP contribution in [0.4, 0.5) is 0 Å². The maximum Gasteiger partial charge on any atom is 0.346 e. The van der Waals surface area contributed by atoms with Gasteiger partial charge >= 0.3 is 9.33 Å². The summed E-state index contributed by atoms with van der Waals surface area (Å²) >= 11 is 5.41. The first-order valence-electron chi connectivity index (χ1n) is 2.48. The minimum atomic E-state index is -3.84. The maximum atomic E-state index is 10.3. The van der Waals surface area contributed by atoms with Crippen molar-refractivity contribution in [1.82, 2.24) is 0 Å². The quantitative estimate of drug-likeness (QED) is 0.413. The number of halogens is 2. The molecule has 7 heteroatoms. The molecule has 0 heterocycles. The molecule has 0 aromatic carbocycles. The molecular formula is C3H8Cl2O3SSi. The fourth-order valence-corrected chi connectivity index (χ4v) is 4.56. The van der Waals surface area contributed by atoms with Crippen molar-refractivity contribution in [2.45, 2.75) is 13.1 Å². The number of alkyl halides is 1. The molecule has 10 heavy (non-hydrogen) atoms. The van der Waals surface area contributed by atoms with Crippen molar-refractivity contribution in [3.05, 3.63) is 0 Å². The van der Waals surface area contributed by atoms with Gasteiger partial charge in [-0.2, -0.15) is 8.42 Å². The molecule has 0 spiro atoms. The summed E-state index contributed by atoms with van der Waals surface area (Å²) in [4.78, 5) is 0. The van der Waals surface area contributed by atoms with Crippen LogP contribution in [-0.2, 0) is 13.2 Å². The van der Waals surface area contributed by atoms with Crippen LogP contribution in [-0.4, -0.2) is 22.2 Å². The molecule has 0 N–H and O–H groups in total. The largest absolute Gasteiger partial charge is 0.346 e. The Morgan fingerprint density at radius 2 is 1.90 bits per heavy atom. The molecule has 62 valence electrons. The highest BCUT2D eigenvalue weighted by Crippen LogP contribution is 2.12. The number of hydrogen-bond donors (Lipinski definition) is 0. The summed E-state index contributed by atoms with van der Waals surface area (Å²) in [6.45, 7) is 3.33. The first kappa shape index (κ1) is 10.7. The molecule has 0 saturated carbocycles. The van der Waals surface area contributed by atoms with Crippen LogP contribution in [0.1, 0.15) is 0 Å². The van der Waals surface area contributed by atoms with Gasteiger partial charge in [-0.15, -0.1) is 11.6 Å². The summed E-state index contributed by atoms with van der Waals surface area (Å²) in [5, 5.41) is 0. The molecule has 0 radical (unpaired) electrons. The third-order valence-corrected chi connectivity index (χ3v) is 6.39. The lowest BCUT2D eigenvalue weighted by atomic mass is 11.8. The maximum absolute atomic E-state index is 10.3. The van der Waals surface area contributed by atoms with E-state index in [1.165, 1.54) is 0 Å². The molecule has 0 saturated heterocycles. The van der Waals surface area contributed by atoms with Gasteiger partial charge in [0.1, 0.15) is 0 Å². The smallest absolute Gasteiger partial charge is 0.302 e. The SMILES string of the molecule is C[Si](C)(CCl)OS(=O)(=O)Cl. The Labute approximate surface area is 71.0 Å². The van der Waals surface area contributed by atoms with Gasteiger partial charge in [-0.3, -0.25) is 0 Å². The van der Waals surface area contributed by atoms with Gasteiger partial charge in [-0.05, 0) is 13.1 Å². The monoisotopic (exact) mass is 222 g/mol. The Morgan fingerprint density at radius 3 is 2.00 bits per heavy atom. The van der Waals surface area contributed by atoms with Crippen LogP contribution in [0.25, 0.3) is 0 Å². The molecule has 0 aromatic heterocycles. The second kappa shape index (κ2) is 3.40. The minimum absolute atomic E-state index is 0.207. The van der Waals surface area contributed by atoms with Crippen molar-refractivity contribution >= 4 is 39.9 Å². The minimum Gasteiger partial charge on any atom is -0.302 e. The summed E-state index contributed by atoms with van der Waals surface area (Å²) in [6, 6.07) is 0. The van der Waals surface area contributed by atoms with Crippen LogP contribution in [0.3, 0.4) is 0 Å². The standard InChI is InChI=1S/C3H8Cl2O3SSi/c1-10(2,3-4)8-9(5,6)7/h3H2,1-2H3. The Morgan fingerprint density at radius 1 is 1.50 bits per heavy atom. The third-order valence-electron chi connectivity index (χ3n) is 0.647. The fourth-order valence-electron chi connectivity index (χ4n) is 0.292. The molecule has 0 aliphatic carbocycles. The molecule has 3 nitrogen and oxygen atoms in total. The second-order valence-electron chi connectivity index (χ2n) is 2.37. The lowest BCUT2D eigenvalue weighted by molar-refractivity contribution is 0.502. The fraction of sp³-hybridized carbons (Fsp3) is 1.00. The molecule has 0 rings (SSSR count). The molecule has 0 aliphatic heterocycles. The Kier molecular flexibility index (Phi) is 3.64. The Hall–Kier alpha value is 0.707. The van der Waals surface area contributed by atoms with E-state index >= 15 is 0 Å². The van der Waals surface area contributed by atoms with Gasteiger partial charge in [0.2, 0.25) is 8.32 Å². The van der Waals surface area contributed by atoms with Gasteiger partial charge in [0.25, 0.3) is 0 Å². The van der Waals surface area contributed by atoms with E-state index in [0.29, 0.717) is 0 Å². The summed E-state index contributed by atoms with van der Waals surface area (Å²) < 4.78 is 25.2. The summed E-state index contributed by atoms with van der Waals surface area (Å²) in [5.74, 6) is 0. The molecule has 0 amide bonds. The van der Waals surface area contributed by atoms with Crippen LogP contribution < -0.4 is 0 Å². The van der Waals surface area contributed by atoms with Crippen LogP contribution in [0.15, 0.2) is 0 Å². The molecule has 0 aromatic rings. The first-order chi connectivity index (χ1) is 4.27. The highest BCUT2D eigenvalue weighted by Gasteiger charge is 2.27. The number of rotatable bonds is 3. The van der Waals surface area contributed by atoms with Crippen molar-refractivity contribution in [3.8, 4) is 0 Å². The predicted octanol–water partition coefficient (Wildman–Crippen LogP) is 1.47. The zero-order valence-corrected chi connectivity index (χ0v) is 8.92. The molecule has 0 atom stereocenters. The van der Waals surface area contributed by atoms with E-state index in [1.54, 1.807) is 13.1 Å². The lowest BCUT2D eigenvalue weighted by Gasteiger charge is -2.15. The predicted molar refractivity (Wildman–Crippen MR) is 44.1 cm³/mol. The summed E-state index contributed by atoms with van der Waals surface area (Å²) in [7, 11) is -1.29. The average molecular weight is 223 g/mol. The lowest BCUT2D eigenvalue weighted by Crippen LogP contribution is -2.34. The van der Waals surface area contributed by atoms with E-state index in [-0.39, 0.29) is 5.50 Å². The van der Waals surface area contributed by atoms with Gasteiger partial charge in [-0.1, -0.05) is 0 Å². The van der Waals surface area contributed by atoms with E-state index in [9.17, 15) is 8.42 Å². The van der Waals surface area contributed by atoms with Crippen molar-refractivity contribution in [1.29, 1.82) is 0 Å². The van der Waals surface area contributed by atoms with Crippen molar-refractivity contribution < 1.29 is 12.3 Å². The van der Waals surface area contributed by atoms with Gasteiger partial charge in [0.15, 0.2) is 0 Å². The molecule has 0 bridgehead atoms. The first-order valence-corrected chi connectivity index (χ1v) is 8.36. The van der Waals surface area contributed by atoms with Crippen molar-refractivity contribution in [2.75, 3.05) is 5.50 Å². The van der Waals surface area contributed by atoms with Crippen LogP contribution in [0, 0.1) is 0 Å². The average Bonchev–Trinajstić information content (AvgIpc) is 1.60. The number of hydrogen-bond acceptors (Lipinski definition) is 3. The van der Waals surface area contributed by atoms with E-state index in [2.05, 4.69) is 3.87 Å². The zero-order chi connectivity index (χ0) is 8.41. The van der Waals surface area contributed by atoms with Crippen LogP contribution in [0.5, 0.6) is 0 Å². The molecular weight excluding hydrogens is 215 g/mol. The van der Waals surface area contributed by atoms with Gasteiger partial charge in [0, 0.05) is 16.2 Å². The highest BCUT2D eigenvalue weighted by molar-refractivity contribution is 8.10. The van der Waals surface area contributed by atoms with Crippen molar-refractivity contribution in [2.24, 2.45) is 0 Å². The molecule has 0 aliphatic rings. The summed E-state index contributed by atoms with van der Waals surface area (Å²) in [5.41, 5.74) is 0.207. The highest BCUT2D eigenvalue weighted by atomic mass is 35.7. The van der Waals surface area contributed by atoms with Crippen LogP contribution >= 0.6 is 22.3 Å². The van der Waals surface area contributed by atoms with E-state index in [1.807, 2.05) is 0 Å². The zero-order valence-electron chi connectivity index (χ0n) is 5.60. The summed E-state index contributed by atoms with van der Waals surface area (Å²) in [6.07, 6.45) is 0. The van der Waals surface area contributed by atoms with Gasteiger partial charge in [-0.25, -0.2) is 0 Å². The Balaban J connectivity index is 4.16. The van der Waals surface area contributed by atoms with Crippen LogP contribution in [0.2, 0.25) is 13.1 Å². The van der Waals surface area contributed by atoms with E-state index < -0.39 is 17.6 Å². The van der Waals surface area contributed by atoms with Gasteiger partial charge < -0.3 is 3.87 Å². The Bertz CT molecular complexity index is 200. The molecule has 0 unspecified atom stereocenters. The van der Waals surface area contributed by atoms with Gasteiger partial charge in [0.05, 0.1) is 0 Å². The molecule has 0 fully saturated rings. The third kappa shape index (κ3) is 5.49. The normalized spacial score (nSPS) is 13.6.